The summed E-state index contributed by atoms with van der Waals surface area (Å²) in [5, 5.41) is 11.2. The van der Waals surface area contributed by atoms with Crippen LogP contribution in [0, 0.1) is 14.9 Å². The Morgan fingerprint density at radius 3 is 2.66 bits per heavy atom. The molecular weight excluding hydrogens is 693 g/mol. The Balaban J connectivity index is 1.24. The quantitative estimate of drug-likeness (QED) is 0.127. The van der Waals surface area contributed by atoms with Gasteiger partial charge in [-0.15, -0.1) is 0 Å². The van der Waals surface area contributed by atoms with Gasteiger partial charge in [0.15, 0.2) is 5.65 Å². The van der Waals surface area contributed by atoms with Gasteiger partial charge in [-0.25, -0.2) is 9.97 Å². The van der Waals surface area contributed by atoms with Gasteiger partial charge < -0.3 is 0 Å². The summed E-state index contributed by atoms with van der Waals surface area (Å²) in [5.74, 6) is 0.738. The third kappa shape index (κ3) is 5.45. The number of fused-ring (bicyclic) bond motifs is 3. The lowest BCUT2D eigenvalue weighted by Gasteiger charge is -2.15. The number of aromatic nitrogens is 5. The van der Waals surface area contributed by atoms with Crippen molar-refractivity contribution >= 4 is 64.3 Å². The van der Waals surface area contributed by atoms with Gasteiger partial charge in [-0.05, 0) is 82.2 Å². The number of benzene rings is 3. The number of pyridine rings is 3. The molecule has 0 amide bonds. The molecule has 8 heteroatoms. The second-order valence-electron chi connectivity index (χ2n) is 11.1. The molecular formula is C39H26IN7. The van der Waals surface area contributed by atoms with Crippen molar-refractivity contribution in [2.75, 3.05) is 0 Å². The van der Waals surface area contributed by atoms with Crippen molar-refractivity contribution in [1.29, 1.82) is 5.26 Å². The first kappa shape index (κ1) is 28.8. The molecule has 0 saturated heterocycles. The lowest BCUT2D eigenvalue weighted by Crippen LogP contribution is -2.04. The Morgan fingerprint density at radius 2 is 1.72 bits per heavy atom. The van der Waals surface area contributed by atoms with Crippen molar-refractivity contribution in [3.8, 4) is 23.1 Å². The van der Waals surface area contributed by atoms with Gasteiger partial charge in [0.2, 0.25) is 0 Å². The highest BCUT2D eigenvalue weighted by Crippen LogP contribution is 2.35. The van der Waals surface area contributed by atoms with Crippen LogP contribution < -0.4 is 0 Å². The molecule has 0 radical (unpaired) electrons. The van der Waals surface area contributed by atoms with E-state index in [-0.39, 0.29) is 20.7 Å². The standard InChI is InChI=1S/C39H26IN7/c1-25(45-32-13-6-17-42-34(32)23-29-10-2-9-28-12-5-18-43-37(28)29)30-20-26(24-41)21-31(22-30)38-46-33-14-7-19-44-39(33)47(38)35-15-3-8-27-11-4-16-40-36(27)35/h2-22H,23H2,1H3. The number of halogens is 1. The molecule has 7 nitrogen and oxygen atoms in total. The Labute approximate surface area is 281 Å². The Hall–Kier alpha value is -5.66. The molecule has 0 fully saturated rings. The van der Waals surface area contributed by atoms with Gasteiger partial charge in [0.05, 0.1) is 34.2 Å². The summed E-state index contributed by atoms with van der Waals surface area (Å²) < 4.78 is 5.74. The van der Waals surface area contributed by atoms with Crippen LogP contribution in [0.3, 0.4) is 0 Å². The fourth-order valence-electron chi connectivity index (χ4n) is 5.96. The van der Waals surface area contributed by atoms with Crippen molar-refractivity contribution in [1.82, 2.24) is 24.5 Å². The highest BCUT2D eigenvalue weighted by molar-refractivity contribution is 14.2. The second kappa shape index (κ2) is 12.3. The van der Waals surface area contributed by atoms with Gasteiger partial charge >= 0.3 is 0 Å². The van der Waals surface area contributed by atoms with E-state index in [0.717, 1.165) is 67.4 Å². The molecule has 3 aromatic carbocycles. The van der Waals surface area contributed by atoms with E-state index < -0.39 is 0 Å². The first-order valence-corrected chi connectivity index (χ1v) is 17.5. The molecule has 0 spiro atoms. The summed E-state index contributed by atoms with van der Waals surface area (Å²) in [6.07, 6.45) is 10.3. The molecule has 0 N–H and O–H groups in total. The lowest BCUT2D eigenvalue weighted by molar-refractivity contribution is 1.07. The maximum absolute atomic E-state index is 10.1. The average Bonchev–Trinajstić information content (AvgIpc) is 3.52. The molecule has 0 bridgehead atoms. The number of rotatable bonds is 6. The number of hydrogen-bond acceptors (Lipinski definition) is 6. The highest BCUT2D eigenvalue weighted by atomic mass is 127. The summed E-state index contributed by atoms with van der Waals surface area (Å²) >= 11 is -0.330. The van der Waals surface area contributed by atoms with E-state index in [2.05, 4.69) is 80.3 Å². The number of hydrogen-bond donors (Lipinski definition) is 0. The van der Waals surface area contributed by atoms with Crippen molar-refractivity contribution < 1.29 is 0 Å². The molecule has 0 atom stereocenters. The third-order valence-electron chi connectivity index (χ3n) is 8.15. The van der Waals surface area contributed by atoms with E-state index in [1.165, 1.54) is 9.13 Å². The number of imidazole rings is 1. The van der Waals surface area contributed by atoms with Crippen LogP contribution in [0.4, 0.5) is 5.69 Å². The number of nitrogens with zero attached hydrogens (tertiary/aromatic N) is 7. The lowest BCUT2D eigenvalue weighted by atomic mass is 10.0. The van der Waals surface area contributed by atoms with E-state index >= 15 is 0 Å². The van der Waals surface area contributed by atoms with E-state index in [1.807, 2.05) is 55.6 Å². The van der Waals surface area contributed by atoms with Gasteiger partial charge in [-0.3, -0.25) is 19.5 Å². The first-order chi connectivity index (χ1) is 23.2. The molecule has 0 saturated carbocycles. The van der Waals surface area contributed by atoms with Crippen LogP contribution >= 0.6 is 20.7 Å². The monoisotopic (exact) mass is 719 g/mol. The summed E-state index contributed by atoms with van der Waals surface area (Å²) in [7, 11) is 0. The van der Waals surface area contributed by atoms with E-state index in [1.54, 1.807) is 12.4 Å². The minimum absolute atomic E-state index is 0.330. The van der Waals surface area contributed by atoms with Gasteiger partial charge in [-0.1, -0.05) is 69.3 Å². The zero-order chi connectivity index (χ0) is 31.7. The molecule has 4 aromatic heterocycles. The SMILES string of the molecule is CC(=Nc1cccnc1Cc1cccc2cccnc12)c1cc(C#N)cc(-c2nc3cccnc3n2-c2cccc3c2I=CC=C3)c1. The molecule has 7 aromatic rings. The van der Waals surface area contributed by atoms with Crippen molar-refractivity contribution in [2.24, 2.45) is 4.99 Å². The van der Waals surface area contributed by atoms with Gasteiger partial charge in [0.1, 0.15) is 11.3 Å². The topological polar surface area (TPSA) is 92.6 Å². The highest BCUT2D eigenvalue weighted by Gasteiger charge is 2.20. The van der Waals surface area contributed by atoms with Crippen molar-refractivity contribution in [2.45, 2.75) is 13.3 Å². The predicted molar refractivity (Wildman–Crippen MR) is 197 cm³/mol. The Morgan fingerprint density at radius 1 is 0.894 bits per heavy atom. The molecule has 8 rings (SSSR count). The summed E-state index contributed by atoms with van der Waals surface area (Å²) in [6, 6.07) is 32.6. The maximum atomic E-state index is 10.1. The third-order valence-corrected chi connectivity index (χ3v) is 10.7. The zero-order valence-electron chi connectivity index (χ0n) is 25.3. The number of nitriles is 1. The summed E-state index contributed by atoms with van der Waals surface area (Å²) in [6.45, 7) is 1.97. The van der Waals surface area contributed by atoms with Crippen LogP contribution in [0.15, 0.2) is 121 Å². The molecule has 224 valence electrons. The molecule has 1 aliphatic heterocycles. The van der Waals surface area contributed by atoms with E-state index in [4.69, 9.17) is 19.9 Å². The van der Waals surface area contributed by atoms with Crippen LogP contribution in [0.2, 0.25) is 0 Å². The fourth-order valence-corrected chi connectivity index (χ4v) is 8.20. The number of allylic oxidation sites excluding steroid dienone is 1. The van der Waals surface area contributed by atoms with E-state index in [0.29, 0.717) is 12.0 Å². The normalized spacial score (nSPS) is 12.6. The smallest absolute Gasteiger partial charge is 0.164 e. The van der Waals surface area contributed by atoms with Crippen LogP contribution in [0.1, 0.15) is 34.9 Å². The fraction of sp³-hybridized carbons (Fsp3) is 0.0513. The number of para-hydroxylation sites is 1. The largest absolute Gasteiger partial charge is 0.276 e. The van der Waals surface area contributed by atoms with Crippen molar-refractivity contribution in [3.05, 3.63) is 147 Å². The van der Waals surface area contributed by atoms with Gasteiger partial charge in [0.25, 0.3) is 0 Å². The van der Waals surface area contributed by atoms with Crippen molar-refractivity contribution in [3.63, 3.8) is 0 Å². The maximum Gasteiger partial charge on any atom is 0.164 e. The van der Waals surface area contributed by atoms with E-state index in [9.17, 15) is 5.26 Å². The Bertz CT molecular complexity index is 2480. The van der Waals surface area contributed by atoms with Gasteiger partial charge in [-0.2, -0.15) is 5.26 Å². The van der Waals surface area contributed by atoms with Crippen LogP contribution in [0.5, 0.6) is 0 Å². The first-order valence-electron chi connectivity index (χ1n) is 15.1. The second-order valence-corrected chi connectivity index (χ2v) is 13.6. The van der Waals surface area contributed by atoms with Crippen LogP contribution in [-0.2, 0) is 6.42 Å². The minimum atomic E-state index is -0.330. The molecule has 1 aliphatic rings. The number of aliphatic imine (C=N–C) groups is 1. The molecule has 0 aliphatic carbocycles. The predicted octanol–water partition coefficient (Wildman–Crippen LogP) is 8.60. The summed E-state index contributed by atoms with van der Waals surface area (Å²) in [4.78, 5) is 24.3. The van der Waals surface area contributed by atoms with Gasteiger partial charge in [0, 0.05) is 45.2 Å². The summed E-state index contributed by atoms with van der Waals surface area (Å²) in [5.41, 5.74) is 10.5. The van der Waals surface area contributed by atoms with Crippen LogP contribution in [-0.4, -0.2) is 34.2 Å². The Kier molecular flexibility index (Phi) is 7.51. The molecule has 47 heavy (non-hydrogen) atoms. The minimum Gasteiger partial charge on any atom is -0.276 e. The molecule has 5 heterocycles. The zero-order valence-corrected chi connectivity index (χ0v) is 27.5. The molecule has 0 unspecified atom stereocenters. The van der Waals surface area contributed by atoms with Crippen LogP contribution in [0.25, 0.3) is 45.2 Å². The average molecular weight is 720 g/mol.